The number of aliphatic hydroxyl groups is 1. The summed E-state index contributed by atoms with van der Waals surface area (Å²) in [5.74, 6) is 0. The maximum absolute atomic E-state index is 9.26. The van der Waals surface area contributed by atoms with Crippen LogP contribution in [0.4, 0.5) is 5.69 Å². The third-order valence-corrected chi connectivity index (χ3v) is 2.55. The molecule has 0 saturated heterocycles. The number of para-hydroxylation sites is 1. The van der Waals surface area contributed by atoms with E-state index < -0.39 is 0 Å². The molecule has 0 spiro atoms. The largest absolute Gasteiger partial charge is 0.389 e. The van der Waals surface area contributed by atoms with Gasteiger partial charge in [-0.3, -0.25) is 0 Å². The fourth-order valence-electron chi connectivity index (χ4n) is 1.56. The lowest BCUT2D eigenvalue weighted by molar-refractivity contribution is 0.208. The molecule has 0 radical (unpaired) electrons. The highest BCUT2D eigenvalue weighted by Crippen LogP contribution is 2.07. The molecule has 0 aliphatic rings. The molecule has 1 rings (SSSR count). The lowest BCUT2D eigenvalue weighted by Gasteiger charge is -2.07. The van der Waals surface area contributed by atoms with Crippen LogP contribution < -0.4 is 5.32 Å². The normalized spacial score (nSPS) is 12.1. The molecular formula is C14H21NO. The molecule has 0 amide bonds. The molecule has 0 aliphatic carbocycles. The number of hydrogen-bond donors (Lipinski definition) is 2. The number of unbranched alkanes of at least 4 members (excludes halogenated alkanes) is 2. The molecule has 0 fully saturated rings. The minimum atomic E-state index is -0.331. The molecule has 1 aromatic rings. The predicted octanol–water partition coefficient (Wildman–Crippen LogP) is 3.21. The van der Waals surface area contributed by atoms with Gasteiger partial charge in [0.2, 0.25) is 0 Å². The molecule has 1 atom stereocenters. The Morgan fingerprint density at radius 3 is 2.62 bits per heavy atom. The first-order valence-electron chi connectivity index (χ1n) is 5.92. The Bertz CT molecular complexity index is 284. The number of aliphatic hydroxyl groups excluding tert-OH is 1. The van der Waals surface area contributed by atoms with Crippen molar-refractivity contribution in [3.05, 3.63) is 43.0 Å². The zero-order chi connectivity index (χ0) is 11.6. The summed E-state index contributed by atoms with van der Waals surface area (Å²) >= 11 is 0. The Morgan fingerprint density at radius 2 is 1.94 bits per heavy atom. The van der Waals surface area contributed by atoms with Crippen LogP contribution in [0, 0.1) is 0 Å². The first kappa shape index (κ1) is 12.8. The molecule has 0 aliphatic heterocycles. The summed E-state index contributed by atoms with van der Waals surface area (Å²) in [5, 5.41) is 12.6. The van der Waals surface area contributed by atoms with Gasteiger partial charge in [-0.05, 0) is 25.0 Å². The fourth-order valence-corrected chi connectivity index (χ4v) is 1.56. The Balaban J connectivity index is 1.98. The van der Waals surface area contributed by atoms with Crippen molar-refractivity contribution >= 4 is 5.69 Å². The maximum atomic E-state index is 9.26. The number of nitrogens with one attached hydrogen (secondary N) is 1. The Morgan fingerprint density at radius 1 is 1.19 bits per heavy atom. The van der Waals surface area contributed by atoms with Crippen molar-refractivity contribution in [2.75, 3.05) is 11.9 Å². The van der Waals surface area contributed by atoms with Crippen molar-refractivity contribution in [1.29, 1.82) is 0 Å². The van der Waals surface area contributed by atoms with E-state index in [1.807, 2.05) is 18.2 Å². The summed E-state index contributed by atoms with van der Waals surface area (Å²) in [5.41, 5.74) is 1.17. The zero-order valence-corrected chi connectivity index (χ0v) is 9.73. The monoisotopic (exact) mass is 219 g/mol. The van der Waals surface area contributed by atoms with E-state index in [2.05, 4.69) is 24.0 Å². The minimum absolute atomic E-state index is 0.331. The summed E-state index contributed by atoms with van der Waals surface area (Å²) in [6.07, 6.45) is 5.44. The van der Waals surface area contributed by atoms with E-state index in [1.165, 1.54) is 5.69 Å². The molecule has 0 bridgehead atoms. The number of anilines is 1. The van der Waals surface area contributed by atoms with Crippen molar-refractivity contribution in [2.24, 2.45) is 0 Å². The molecule has 2 N–H and O–H groups in total. The summed E-state index contributed by atoms with van der Waals surface area (Å²) in [6.45, 7) is 4.55. The summed E-state index contributed by atoms with van der Waals surface area (Å²) < 4.78 is 0. The van der Waals surface area contributed by atoms with E-state index in [0.717, 1.165) is 32.2 Å². The molecule has 0 heterocycles. The third-order valence-electron chi connectivity index (χ3n) is 2.55. The molecule has 1 unspecified atom stereocenters. The maximum Gasteiger partial charge on any atom is 0.0718 e. The second-order valence-corrected chi connectivity index (χ2v) is 3.95. The van der Waals surface area contributed by atoms with E-state index in [1.54, 1.807) is 6.08 Å². The van der Waals surface area contributed by atoms with Crippen molar-refractivity contribution in [3.63, 3.8) is 0 Å². The van der Waals surface area contributed by atoms with E-state index in [9.17, 15) is 5.11 Å². The van der Waals surface area contributed by atoms with E-state index in [4.69, 9.17) is 0 Å². The van der Waals surface area contributed by atoms with Gasteiger partial charge in [0, 0.05) is 12.2 Å². The average molecular weight is 219 g/mol. The van der Waals surface area contributed by atoms with Crippen LogP contribution in [0.3, 0.4) is 0 Å². The topological polar surface area (TPSA) is 32.3 Å². The van der Waals surface area contributed by atoms with Crippen molar-refractivity contribution in [2.45, 2.75) is 31.8 Å². The van der Waals surface area contributed by atoms with E-state index >= 15 is 0 Å². The van der Waals surface area contributed by atoms with Crippen LogP contribution in [0.1, 0.15) is 25.7 Å². The minimum Gasteiger partial charge on any atom is -0.389 e. The van der Waals surface area contributed by atoms with Gasteiger partial charge in [-0.2, -0.15) is 0 Å². The lowest BCUT2D eigenvalue weighted by Crippen LogP contribution is -2.03. The highest BCUT2D eigenvalue weighted by molar-refractivity contribution is 5.42. The molecule has 2 nitrogen and oxygen atoms in total. The number of benzene rings is 1. The molecule has 0 saturated carbocycles. The third kappa shape index (κ3) is 5.56. The van der Waals surface area contributed by atoms with Gasteiger partial charge in [-0.1, -0.05) is 37.1 Å². The second-order valence-electron chi connectivity index (χ2n) is 3.95. The quantitative estimate of drug-likeness (QED) is 0.520. The SMILES string of the molecule is C=CC(O)CCCCCNc1ccccc1. The summed E-state index contributed by atoms with van der Waals surface area (Å²) in [4.78, 5) is 0. The smallest absolute Gasteiger partial charge is 0.0718 e. The van der Waals surface area contributed by atoms with Gasteiger partial charge >= 0.3 is 0 Å². The standard InChI is InChI=1S/C14H21NO/c1-2-14(16)11-7-4-8-12-15-13-9-5-3-6-10-13/h2-3,5-6,9-10,14-16H,1,4,7-8,11-12H2. The fraction of sp³-hybridized carbons (Fsp3) is 0.429. The van der Waals surface area contributed by atoms with Crippen LogP contribution in [0.5, 0.6) is 0 Å². The highest BCUT2D eigenvalue weighted by atomic mass is 16.3. The van der Waals surface area contributed by atoms with Crippen LogP contribution in [0.25, 0.3) is 0 Å². The molecular weight excluding hydrogens is 198 g/mol. The molecule has 16 heavy (non-hydrogen) atoms. The van der Waals surface area contributed by atoms with Crippen LogP contribution in [0.15, 0.2) is 43.0 Å². The van der Waals surface area contributed by atoms with Gasteiger partial charge in [-0.15, -0.1) is 6.58 Å². The van der Waals surface area contributed by atoms with Gasteiger partial charge < -0.3 is 10.4 Å². The number of hydrogen-bond acceptors (Lipinski definition) is 2. The Labute approximate surface area is 98.0 Å². The first-order valence-corrected chi connectivity index (χ1v) is 5.92. The van der Waals surface area contributed by atoms with Gasteiger partial charge in [0.1, 0.15) is 0 Å². The lowest BCUT2D eigenvalue weighted by atomic mass is 10.1. The highest BCUT2D eigenvalue weighted by Gasteiger charge is 1.97. The first-order chi connectivity index (χ1) is 7.83. The van der Waals surface area contributed by atoms with Crippen LogP contribution in [0.2, 0.25) is 0 Å². The van der Waals surface area contributed by atoms with E-state index in [0.29, 0.717) is 0 Å². The van der Waals surface area contributed by atoms with E-state index in [-0.39, 0.29) is 6.10 Å². The van der Waals surface area contributed by atoms with Gasteiger partial charge in [0.15, 0.2) is 0 Å². The summed E-state index contributed by atoms with van der Waals surface area (Å²) in [7, 11) is 0. The van der Waals surface area contributed by atoms with Crippen LogP contribution in [-0.2, 0) is 0 Å². The van der Waals surface area contributed by atoms with Gasteiger partial charge in [0.05, 0.1) is 6.10 Å². The Kier molecular flexibility index (Phi) is 6.35. The molecule has 2 heteroatoms. The zero-order valence-electron chi connectivity index (χ0n) is 9.73. The predicted molar refractivity (Wildman–Crippen MR) is 69.6 cm³/mol. The van der Waals surface area contributed by atoms with Crippen molar-refractivity contribution in [1.82, 2.24) is 0 Å². The average Bonchev–Trinajstić information content (AvgIpc) is 2.34. The summed E-state index contributed by atoms with van der Waals surface area (Å²) in [6, 6.07) is 10.2. The molecule has 88 valence electrons. The van der Waals surface area contributed by atoms with Crippen molar-refractivity contribution in [3.8, 4) is 0 Å². The Hall–Kier alpha value is -1.28. The van der Waals surface area contributed by atoms with Crippen LogP contribution in [-0.4, -0.2) is 17.8 Å². The number of rotatable bonds is 8. The van der Waals surface area contributed by atoms with Gasteiger partial charge in [-0.25, -0.2) is 0 Å². The molecule has 0 aromatic heterocycles. The van der Waals surface area contributed by atoms with Crippen molar-refractivity contribution < 1.29 is 5.11 Å². The molecule has 1 aromatic carbocycles. The van der Waals surface area contributed by atoms with Gasteiger partial charge in [0.25, 0.3) is 0 Å². The second kappa shape index (κ2) is 7.94. The van der Waals surface area contributed by atoms with Crippen LogP contribution >= 0.6 is 0 Å².